The van der Waals surface area contributed by atoms with E-state index >= 15 is 0 Å². The molecule has 1 saturated heterocycles. The highest BCUT2D eigenvalue weighted by molar-refractivity contribution is 5.79. The van der Waals surface area contributed by atoms with Gasteiger partial charge in [0.2, 0.25) is 11.8 Å². The second kappa shape index (κ2) is 6.98. The van der Waals surface area contributed by atoms with Crippen LogP contribution in [0.2, 0.25) is 0 Å². The van der Waals surface area contributed by atoms with Gasteiger partial charge in [0.25, 0.3) is 0 Å². The smallest absolute Gasteiger partial charge is 0.226 e. The van der Waals surface area contributed by atoms with Crippen LogP contribution >= 0.6 is 0 Å². The van der Waals surface area contributed by atoms with Crippen molar-refractivity contribution in [1.82, 2.24) is 15.0 Å². The molecule has 1 atom stereocenters. The second-order valence-electron chi connectivity index (χ2n) is 7.32. The topological polar surface area (TPSA) is 59.2 Å². The molecule has 4 rings (SSSR count). The average Bonchev–Trinajstić information content (AvgIpc) is 3.31. The van der Waals surface area contributed by atoms with E-state index in [1.54, 1.807) is 6.92 Å². The normalized spacial score (nSPS) is 26.8. The number of benzene rings is 1. The van der Waals surface area contributed by atoms with E-state index in [2.05, 4.69) is 40.5 Å². The Morgan fingerprint density at radius 3 is 2.56 bits per heavy atom. The van der Waals surface area contributed by atoms with Gasteiger partial charge in [-0.3, -0.25) is 4.79 Å². The minimum atomic E-state index is -0.00297. The lowest BCUT2D eigenvalue weighted by Gasteiger charge is -2.32. The van der Waals surface area contributed by atoms with E-state index in [4.69, 9.17) is 4.52 Å². The summed E-state index contributed by atoms with van der Waals surface area (Å²) in [5.41, 5.74) is 1.41. The Balaban J connectivity index is 1.40. The number of amides is 1. The molecule has 1 amide bonds. The van der Waals surface area contributed by atoms with Gasteiger partial charge < -0.3 is 9.42 Å². The molecular formula is C20H25N3O2. The van der Waals surface area contributed by atoms with Crippen LogP contribution in [0.3, 0.4) is 0 Å². The molecule has 2 aromatic rings. The maximum Gasteiger partial charge on any atom is 0.226 e. The first-order valence-corrected chi connectivity index (χ1v) is 9.38. The lowest BCUT2D eigenvalue weighted by Crippen LogP contribution is -2.37. The minimum Gasteiger partial charge on any atom is -0.340 e. The van der Waals surface area contributed by atoms with Gasteiger partial charge in [0.05, 0.1) is 6.04 Å². The number of carbonyl (C=O) groups is 1. The van der Waals surface area contributed by atoms with Gasteiger partial charge in [0, 0.05) is 19.4 Å². The molecule has 2 heterocycles. The van der Waals surface area contributed by atoms with Crippen LogP contribution in [0.1, 0.15) is 67.8 Å². The first-order chi connectivity index (χ1) is 12.2. The highest BCUT2D eigenvalue weighted by Gasteiger charge is 2.37. The minimum absolute atomic E-state index is 0.00297. The maximum atomic E-state index is 13.1. The van der Waals surface area contributed by atoms with Gasteiger partial charge >= 0.3 is 0 Å². The summed E-state index contributed by atoms with van der Waals surface area (Å²) in [5.74, 6) is 2.27. The van der Waals surface area contributed by atoms with Crippen molar-refractivity contribution in [3.63, 3.8) is 0 Å². The van der Waals surface area contributed by atoms with E-state index in [0.29, 0.717) is 17.6 Å². The predicted octanol–water partition coefficient (Wildman–Crippen LogP) is 4.02. The van der Waals surface area contributed by atoms with E-state index in [-0.39, 0.29) is 17.9 Å². The first-order valence-electron chi connectivity index (χ1n) is 9.38. The fraction of sp³-hybridized carbons (Fsp3) is 0.550. The van der Waals surface area contributed by atoms with Gasteiger partial charge in [-0.25, -0.2) is 0 Å². The van der Waals surface area contributed by atoms with E-state index in [1.165, 1.54) is 5.56 Å². The number of hydrogen-bond acceptors (Lipinski definition) is 4. The fourth-order valence-corrected chi connectivity index (χ4v) is 4.38. The number of hydrogen-bond donors (Lipinski definition) is 0. The predicted molar refractivity (Wildman–Crippen MR) is 93.9 cm³/mol. The van der Waals surface area contributed by atoms with Crippen LogP contribution in [0.25, 0.3) is 0 Å². The molecule has 1 unspecified atom stereocenters. The van der Waals surface area contributed by atoms with Crippen LogP contribution in [0.4, 0.5) is 0 Å². The zero-order valence-electron chi connectivity index (χ0n) is 14.7. The quantitative estimate of drug-likeness (QED) is 0.847. The van der Waals surface area contributed by atoms with Crippen molar-refractivity contribution in [3.05, 3.63) is 47.6 Å². The molecule has 5 nitrogen and oxygen atoms in total. The highest BCUT2D eigenvalue weighted by Crippen LogP contribution is 2.39. The van der Waals surface area contributed by atoms with E-state index < -0.39 is 0 Å². The maximum absolute atomic E-state index is 13.1. The Morgan fingerprint density at radius 1 is 1.12 bits per heavy atom. The molecule has 0 spiro atoms. The Labute approximate surface area is 148 Å². The Hall–Kier alpha value is -2.17. The van der Waals surface area contributed by atoms with Gasteiger partial charge in [-0.15, -0.1) is 0 Å². The number of carbonyl (C=O) groups excluding carboxylic acids is 1. The summed E-state index contributed by atoms with van der Waals surface area (Å²) in [7, 11) is 0. The zero-order chi connectivity index (χ0) is 17.2. The molecule has 0 bridgehead atoms. The number of rotatable bonds is 3. The number of nitrogens with zero attached hydrogens (tertiary/aromatic N) is 3. The molecular weight excluding hydrogens is 314 g/mol. The summed E-state index contributed by atoms with van der Waals surface area (Å²) in [6, 6.07) is 10.7. The van der Waals surface area contributed by atoms with Crippen molar-refractivity contribution in [3.8, 4) is 0 Å². The van der Waals surface area contributed by atoms with E-state index in [1.807, 2.05) is 4.90 Å². The SMILES string of the molecule is Cc1nc(C2CCCN2C(=O)C2CCC(c3ccccc3)CC2)no1. The van der Waals surface area contributed by atoms with E-state index in [9.17, 15) is 4.79 Å². The van der Waals surface area contributed by atoms with Crippen molar-refractivity contribution in [2.24, 2.45) is 5.92 Å². The molecule has 1 aromatic heterocycles. The Morgan fingerprint density at radius 2 is 1.88 bits per heavy atom. The zero-order valence-corrected chi connectivity index (χ0v) is 14.7. The lowest BCUT2D eigenvalue weighted by atomic mass is 9.78. The molecule has 1 saturated carbocycles. The number of aryl methyl sites for hydroxylation is 1. The molecule has 5 heteroatoms. The molecule has 0 radical (unpaired) electrons. The van der Waals surface area contributed by atoms with Gasteiger partial charge in [-0.05, 0) is 50.0 Å². The van der Waals surface area contributed by atoms with Gasteiger partial charge in [-0.2, -0.15) is 4.98 Å². The molecule has 1 aromatic carbocycles. The molecule has 1 aliphatic carbocycles. The molecule has 25 heavy (non-hydrogen) atoms. The highest BCUT2D eigenvalue weighted by atomic mass is 16.5. The lowest BCUT2D eigenvalue weighted by molar-refractivity contribution is -0.137. The van der Waals surface area contributed by atoms with Crippen molar-refractivity contribution < 1.29 is 9.32 Å². The first kappa shape index (κ1) is 16.3. The summed E-state index contributed by atoms with van der Waals surface area (Å²) in [5, 5.41) is 4.05. The van der Waals surface area contributed by atoms with Gasteiger partial charge in [0.1, 0.15) is 0 Å². The summed E-state index contributed by atoms with van der Waals surface area (Å²) < 4.78 is 5.11. The standard InChI is InChI=1S/C20H25N3O2/c1-14-21-19(22-25-14)18-8-5-13-23(18)20(24)17-11-9-16(10-12-17)15-6-3-2-4-7-15/h2-4,6-7,16-18H,5,8-13H2,1H3. The third-order valence-electron chi connectivity index (χ3n) is 5.72. The van der Waals surface area contributed by atoms with Gasteiger partial charge in [-0.1, -0.05) is 35.5 Å². The van der Waals surface area contributed by atoms with Crippen LogP contribution in [-0.4, -0.2) is 27.5 Å². The monoisotopic (exact) mass is 339 g/mol. The Bertz CT molecular complexity index is 720. The summed E-state index contributed by atoms with van der Waals surface area (Å²) in [6.07, 6.45) is 6.10. The summed E-state index contributed by atoms with van der Waals surface area (Å²) >= 11 is 0. The van der Waals surface area contributed by atoms with Crippen LogP contribution < -0.4 is 0 Å². The largest absolute Gasteiger partial charge is 0.340 e. The third-order valence-corrected chi connectivity index (χ3v) is 5.72. The summed E-state index contributed by atoms with van der Waals surface area (Å²) in [6.45, 7) is 2.61. The molecule has 2 aliphatic rings. The van der Waals surface area contributed by atoms with E-state index in [0.717, 1.165) is 45.1 Å². The summed E-state index contributed by atoms with van der Waals surface area (Å²) in [4.78, 5) is 19.4. The van der Waals surface area contributed by atoms with Crippen molar-refractivity contribution in [1.29, 1.82) is 0 Å². The third kappa shape index (κ3) is 3.32. The molecule has 0 N–H and O–H groups in total. The van der Waals surface area contributed by atoms with Crippen molar-refractivity contribution >= 4 is 5.91 Å². The van der Waals surface area contributed by atoms with Crippen molar-refractivity contribution in [2.45, 2.75) is 57.4 Å². The second-order valence-corrected chi connectivity index (χ2v) is 7.32. The average molecular weight is 339 g/mol. The molecule has 2 fully saturated rings. The molecule has 1 aliphatic heterocycles. The molecule has 132 valence electrons. The van der Waals surface area contributed by atoms with Crippen LogP contribution in [0.15, 0.2) is 34.9 Å². The van der Waals surface area contributed by atoms with Crippen LogP contribution in [0.5, 0.6) is 0 Å². The number of likely N-dealkylation sites (tertiary alicyclic amines) is 1. The van der Waals surface area contributed by atoms with Crippen LogP contribution in [0, 0.1) is 12.8 Å². The van der Waals surface area contributed by atoms with Crippen molar-refractivity contribution in [2.75, 3.05) is 6.54 Å². The van der Waals surface area contributed by atoms with Crippen LogP contribution in [-0.2, 0) is 4.79 Å². The van der Waals surface area contributed by atoms with Gasteiger partial charge in [0.15, 0.2) is 5.82 Å². The fourth-order valence-electron chi connectivity index (χ4n) is 4.38. The Kier molecular flexibility index (Phi) is 4.55. The number of aromatic nitrogens is 2.